The van der Waals surface area contributed by atoms with Gasteiger partial charge in [-0.1, -0.05) is 41.0 Å². The van der Waals surface area contributed by atoms with Gasteiger partial charge in [0.1, 0.15) is 0 Å². The van der Waals surface area contributed by atoms with Crippen molar-refractivity contribution in [1.29, 1.82) is 0 Å². The summed E-state index contributed by atoms with van der Waals surface area (Å²) in [5.74, 6) is 0.333. The number of aromatic nitrogens is 1. The second kappa shape index (κ2) is 10.1. The molecule has 0 spiro atoms. The van der Waals surface area contributed by atoms with Gasteiger partial charge in [0, 0.05) is 24.9 Å². The summed E-state index contributed by atoms with van der Waals surface area (Å²) in [5, 5.41) is 4.04. The SMILES string of the molecule is O=C(CSc1nc2ccc(N=Cc3c(Cl)cccc3Cl)cc2s1)NC[C@H]1CCCO1. The van der Waals surface area contributed by atoms with E-state index in [4.69, 9.17) is 27.9 Å². The number of halogens is 2. The average molecular weight is 480 g/mol. The summed E-state index contributed by atoms with van der Waals surface area (Å²) in [6.07, 6.45) is 3.90. The van der Waals surface area contributed by atoms with Crippen LogP contribution in [0.2, 0.25) is 10.0 Å². The van der Waals surface area contributed by atoms with Crippen molar-refractivity contribution in [2.24, 2.45) is 4.99 Å². The molecule has 156 valence electrons. The predicted molar refractivity (Wildman–Crippen MR) is 126 cm³/mol. The molecule has 30 heavy (non-hydrogen) atoms. The Hall–Kier alpha value is -1.64. The number of nitrogens with zero attached hydrogens (tertiary/aromatic N) is 2. The van der Waals surface area contributed by atoms with Crippen molar-refractivity contribution in [2.45, 2.75) is 23.3 Å². The summed E-state index contributed by atoms with van der Waals surface area (Å²) >= 11 is 15.4. The van der Waals surface area contributed by atoms with Gasteiger partial charge < -0.3 is 10.1 Å². The number of thioether (sulfide) groups is 1. The number of carbonyl (C=O) groups is 1. The summed E-state index contributed by atoms with van der Waals surface area (Å²) in [6.45, 7) is 1.37. The quantitative estimate of drug-likeness (QED) is 0.346. The first-order valence-corrected chi connectivity index (χ1v) is 12.0. The minimum absolute atomic E-state index is 0.00309. The maximum atomic E-state index is 12.1. The van der Waals surface area contributed by atoms with E-state index in [-0.39, 0.29) is 12.0 Å². The Morgan fingerprint density at radius 2 is 2.17 bits per heavy atom. The van der Waals surface area contributed by atoms with Gasteiger partial charge in [0.2, 0.25) is 5.91 Å². The highest BCUT2D eigenvalue weighted by Crippen LogP contribution is 2.32. The molecular formula is C21H19Cl2N3O2S2. The second-order valence-corrected chi connectivity index (χ2v) is 9.82. The van der Waals surface area contributed by atoms with Crippen LogP contribution >= 0.6 is 46.3 Å². The van der Waals surface area contributed by atoms with Gasteiger partial charge in [-0.25, -0.2) is 4.98 Å². The van der Waals surface area contributed by atoms with Gasteiger partial charge in [-0.3, -0.25) is 9.79 Å². The van der Waals surface area contributed by atoms with Gasteiger partial charge >= 0.3 is 0 Å². The first-order chi connectivity index (χ1) is 14.6. The summed E-state index contributed by atoms with van der Waals surface area (Å²) in [5.41, 5.74) is 2.36. The minimum Gasteiger partial charge on any atom is -0.376 e. The fraction of sp³-hybridized carbons (Fsp3) is 0.286. The lowest BCUT2D eigenvalue weighted by molar-refractivity contribution is -0.119. The molecule has 1 saturated heterocycles. The number of hydrogen-bond acceptors (Lipinski definition) is 6. The molecular weight excluding hydrogens is 461 g/mol. The Kier molecular flexibility index (Phi) is 7.28. The maximum Gasteiger partial charge on any atom is 0.230 e. The van der Waals surface area contributed by atoms with Crippen molar-refractivity contribution >= 4 is 74.3 Å². The Labute approximate surface area is 192 Å². The van der Waals surface area contributed by atoms with Crippen molar-refractivity contribution in [3.05, 3.63) is 52.0 Å². The van der Waals surface area contributed by atoms with Crippen LogP contribution in [0.15, 0.2) is 45.7 Å². The molecule has 1 fully saturated rings. The van der Waals surface area contributed by atoms with E-state index >= 15 is 0 Å². The van der Waals surface area contributed by atoms with Crippen molar-refractivity contribution < 1.29 is 9.53 Å². The zero-order valence-electron chi connectivity index (χ0n) is 15.9. The van der Waals surface area contributed by atoms with Crippen LogP contribution in [-0.4, -0.2) is 42.1 Å². The lowest BCUT2D eigenvalue weighted by Crippen LogP contribution is -2.32. The van der Waals surface area contributed by atoms with Crippen molar-refractivity contribution in [3.8, 4) is 0 Å². The van der Waals surface area contributed by atoms with Crippen LogP contribution in [-0.2, 0) is 9.53 Å². The molecule has 4 rings (SSSR count). The molecule has 0 aliphatic carbocycles. The van der Waals surface area contributed by atoms with E-state index < -0.39 is 0 Å². The molecule has 1 aromatic heterocycles. The third-order valence-corrected chi connectivity index (χ3v) is 7.39. The summed E-state index contributed by atoms with van der Waals surface area (Å²) < 4.78 is 7.39. The van der Waals surface area contributed by atoms with Crippen molar-refractivity contribution in [3.63, 3.8) is 0 Å². The van der Waals surface area contributed by atoms with Crippen LogP contribution in [0.25, 0.3) is 10.2 Å². The zero-order chi connectivity index (χ0) is 20.9. The Morgan fingerprint density at radius 3 is 2.93 bits per heavy atom. The summed E-state index contributed by atoms with van der Waals surface area (Å²) in [4.78, 5) is 21.2. The van der Waals surface area contributed by atoms with Gasteiger partial charge in [0.05, 0.1) is 37.8 Å². The van der Waals surface area contributed by atoms with Gasteiger partial charge in [-0.2, -0.15) is 0 Å². The number of carbonyl (C=O) groups excluding carboxylic acids is 1. The van der Waals surface area contributed by atoms with Crippen molar-refractivity contribution in [2.75, 3.05) is 18.9 Å². The summed E-state index contributed by atoms with van der Waals surface area (Å²) in [7, 11) is 0. The Balaban J connectivity index is 1.37. The number of ether oxygens (including phenoxy) is 1. The zero-order valence-corrected chi connectivity index (χ0v) is 19.1. The smallest absolute Gasteiger partial charge is 0.230 e. The molecule has 0 bridgehead atoms. The number of hydrogen-bond donors (Lipinski definition) is 1. The number of amides is 1. The van der Waals surface area contributed by atoms with Gasteiger partial charge in [-0.05, 0) is 43.2 Å². The van der Waals surface area contributed by atoms with E-state index in [1.165, 1.54) is 11.8 Å². The number of nitrogens with one attached hydrogen (secondary N) is 1. The first-order valence-electron chi connectivity index (χ1n) is 9.48. The molecule has 2 heterocycles. The van der Waals surface area contributed by atoms with E-state index in [1.807, 2.05) is 18.2 Å². The van der Waals surface area contributed by atoms with Crippen LogP contribution < -0.4 is 5.32 Å². The molecule has 1 aliphatic heterocycles. The van der Waals surface area contributed by atoms with Crippen molar-refractivity contribution in [1.82, 2.24) is 10.3 Å². The molecule has 0 radical (unpaired) electrons. The van der Waals surface area contributed by atoms with Crippen LogP contribution in [0.1, 0.15) is 18.4 Å². The van der Waals surface area contributed by atoms with Gasteiger partial charge in [-0.15, -0.1) is 11.3 Å². The van der Waals surface area contributed by atoms with E-state index in [0.717, 1.165) is 39.7 Å². The summed E-state index contributed by atoms with van der Waals surface area (Å²) in [6, 6.07) is 11.1. The molecule has 0 unspecified atom stereocenters. The third-order valence-electron chi connectivity index (χ3n) is 4.57. The molecule has 2 aromatic carbocycles. The molecule has 3 aromatic rings. The number of rotatable bonds is 7. The highest BCUT2D eigenvalue weighted by Gasteiger charge is 2.16. The molecule has 1 amide bonds. The Bertz CT molecular complexity index is 1060. The normalized spacial score (nSPS) is 16.5. The van der Waals surface area contributed by atoms with Gasteiger partial charge in [0.15, 0.2) is 4.34 Å². The fourth-order valence-electron chi connectivity index (χ4n) is 3.02. The molecule has 9 heteroatoms. The van der Waals surface area contributed by atoms with E-state index in [9.17, 15) is 4.79 Å². The van der Waals surface area contributed by atoms with Crippen LogP contribution in [0.5, 0.6) is 0 Å². The van der Waals surface area contributed by atoms with Crippen LogP contribution in [0.4, 0.5) is 5.69 Å². The topological polar surface area (TPSA) is 63.6 Å². The second-order valence-electron chi connectivity index (χ2n) is 6.75. The lowest BCUT2D eigenvalue weighted by atomic mass is 10.2. The lowest BCUT2D eigenvalue weighted by Gasteiger charge is -2.09. The molecule has 1 atom stereocenters. The van der Waals surface area contributed by atoms with Gasteiger partial charge in [0.25, 0.3) is 0 Å². The van der Waals surface area contributed by atoms with Crippen LogP contribution in [0.3, 0.4) is 0 Å². The average Bonchev–Trinajstić information content (AvgIpc) is 3.39. The first kappa shape index (κ1) is 21.6. The third kappa shape index (κ3) is 5.53. The number of fused-ring (bicyclic) bond motifs is 1. The van der Waals surface area contributed by atoms with E-state index in [1.54, 1.807) is 35.8 Å². The number of benzene rings is 2. The standard InChI is InChI=1S/C21H19Cl2N3O2S2/c22-16-4-1-5-17(23)15(16)11-24-13-6-7-18-19(9-13)30-21(26-18)29-12-20(27)25-10-14-3-2-8-28-14/h1,4-7,9,11,14H,2-3,8,10,12H2,(H,25,27)/t14-/m1/s1. The largest absolute Gasteiger partial charge is 0.376 e. The van der Waals surface area contributed by atoms with E-state index in [0.29, 0.717) is 27.9 Å². The Morgan fingerprint density at radius 1 is 1.33 bits per heavy atom. The highest BCUT2D eigenvalue weighted by atomic mass is 35.5. The molecule has 1 N–H and O–H groups in total. The molecule has 5 nitrogen and oxygen atoms in total. The molecule has 1 aliphatic rings. The predicted octanol–water partition coefficient (Wildman–Crippen LogP) is 5.74. The maximum absolute atomic E-state index is 12.1. The van der Waals surface area contributed by atoms with E-state index in [2.05, 4.69) is 15.3 Å². The molecule has 0 saturated carbocycles. The van der Waals surface area contributed by atoms with Crippen LogP contribution in [0, 0.1) is 0 Å². The number of aliphatic imine (C=N–C) groups is 1. The fourth-order valence-corrected chi connectivity index (χ4v) is 5.45. The minimum atomic E-state index is -0.00309. The monoisotopic (exact) mass is 479 g/mol. The number of thiazole rings is 1. The highest BCUT2D eigenvalue weighted by molar-refractivity contribution is 8.01.